The van der Waals surface area contributed by atoms with E-state index in [1.165, 1.54) is 0 Å². The molecule has 0 saturated heterocycles. The van der Waals surface area contributed by atoms with Crippen molar-refractivity contribution >= 4 is 5.69 Å². The highest BCUT2D eigenvalue weighted by Gasteiger charge is 2.38. The third-order valence-electron chi connectivity index (χ3n) is 3.87. The third-order valence-corrected chi connectivity index (χ3v) is 3.87. The second kappa shape index (κ2) is 4.45. The predicted molar refractivity (Wildman–Crippen MR) is 67.0 cm³/mol. The number of nitrogens with two attached hydrogens (primary N) is 1. The van der Waals surface area contributed by atoms with E-state index in [1.54, 1.807) is 12.1 Å². The summed E-state index contributed by atoms with van der Waals surface area (Å²) in [7, 11) is 0. The molecule has 0 atom stereocenters. The first-order chi connectivity index (χ1) is 8.09. The monoisotopic (exact) mass is 234 g/mol. The van der Waals surface area contributed by atoms with E-state index >= 15 is 0 Å². The normalized spacial score (nSPS) is 18.2. The van der Waals surface area contributed by atoms with Gasteiger partial charge in [-0.1, -0.05) is 24.5 Å². The quantitative estimate of drug-likeness (QED) is 0.645. The Bertz CT molecular complexity index is 437. The minimum absolute atomic E-state index is 0.172. The van der Waals surface area contributed by atoms with Gasteiger partial charge in [0, 0.05) is 23.6 Å². The Hall–Kier alpha value is -1.42. The molecule has 0 radical (unpaired) electrons. The predicted octanol–water partition coefficient (Wildman–Crippen LogP) is 2.67. The van der Waals surface area contributed by atoms with Crippen molar-refractivity contribution in [3.63, 3.8) is 0 Å². The van der Waals surface area contributed by atoms with E-state index in [-0.39, 0.29) is 16.0 Å². The average Bonchev–Trinajstić information content (AvgIpc) is 2.78. The Morgan fingerprint density at radius 3 is 2.59 bits per heavy atom. The fraction of sp³-hybridized carbons (Fsp3) is 0.538. The Balaban J connectivity index is 2.55. The molecule has 1 aliphatic rings. The van der Waals surface area contributed by atoms with E-state index in [1.807, 2.05) is 13.0 Å². The van der Waals surface area contributed by atoms with Gasteiger partial charge in [0.05, 0.1) is 4.92 Å². The van der Waals surface area contributed by atoms with Crippen molar-refractivity contribution in [1.29, 1.82) is 0 Å². The molecular formula is C13H18N2O2. The molecule has 92 valence electrons. The van der Waals surface area contributed by atoms with Crippen LogP contribution in [-0.2, 0) is 5.41 Å². The Morgan fingerprint density at radius 2 is 2.06 bits per heavy atom. The maximum Gasteiger partial charge on any atom is 0.273 e. The fourth-order valence-corrected chi connectivity index (χ4v) is 2.87. The van der Waals surface area contributed by atoms with Crippen molar-refractivity contribution in [2.75, 3.05) is 6.54 Å². The van der Waals surface area contributed by atoms with E-state index in [2.05, 4.69) is 0 Å². The van der Waals surface area contributed by atoms with Crippen LogP contribution in [0.3, 0.4) is 0 Å². The molecular weight excluding hydrogens is 216 g/mol. The summed E-state index contributed by atoms with van der Waals surface area (Å²) in [6, 6.07) is 5.34. The first kappa shape index (κ1) is 12.0. The number of nitrogens with zero attached hydrogens (tertiary/aromatic N) is 1. The molecule has 0 spiro atoms. The molecule has 0 aromatic heterocycles. The minimum atomic E-state index is -0.287. The molecule has 0 unspecified atom stereocenters. The third kappa shape index (κ3) is 2.05. The fourth-order valence-electron chi connectivity index (χ4n) is 2.87. The Morgan fingerprint density at radius 1 is 1.41 bits per heavy atom. The van der Waals surface area contributed by atoms with Gasteiger partial charge in [0.2, 0.25) is 0 Å². The van der Waals surface area contributed by atoms with Crippen molar-refractivity contribution in [3.05, 3.63) is 39.4 Å². The van der Waals surface area contributed by atoms with Gasteiger partial charge in [-0.3, -0.25) is 10.1 Å². The number of hydrogen-bond donors (Lipinski definition) is 1. The Kier molecular flexibility index (Phi) is 3.15. The number of nitro benzene ring substituents is 1. The van der Waals surface area contributed by atoms with Crippen LogP contribution < -0.4 is 5.73 Å². The van der Waals surface area contributed by atoms with E-state index < -0.39 is 0 Å². The topological polar surface area (TPSA) is 69.2 Å². The standard InChI is InChI=1S/C13H18N2O2/c1-10-4-5-12(15(16)17)11(8-10)13(9-14)6-2-3-7-13/h4-5,8H,2-3,6-7,9,14H2,1H3. The van der Waals surface area contributed by atoms with E-state index in [0.717, 1.165) is 36.8 Å². The number of nitro groups is 1. The lowest BCUT2D eigenvalue weighted by Gasteiger charge is -2.27. The first-order valence-electron chi connectivity index (χ1n) is 6.05. The van der Waals surface area contributed by atoms with Crippen molar-refractivity contribution in [2.24, 2.45) is 5.73 Å². The average molecular weight is 234 g/mol. The highest BCUT2D eigenvalue weighted by molar-refractivity contribution is 5.48. The van der Waals surface area contributed by atoms with E-state index in [4.69, 9.17) is 5.73 Å². The van der Waals surface area contributed by atoms with Crippen LogP contribution in [0.4, 0.5) is 5.69 Å². The molecule has 17 heavy (non-hydrogen) atoms. The molecule has 0 amide bonds. The summed E-state index contributed by atoms with van der Waals surface area (Å²) in [5.74, 6) is 0. The molecule has 1 saturated carbocycles. The van der Waals surface area contributed by atoms with Gasteiger partial charge in [-0.05, 0) is 25.8 Å². The lowest BCUT2D eigenvalue weighted by atomic mass is 9.77. The number of benzene rings is 1. The van der Waals surface area contributed by atoms with Crippen LogP contribution in [0.25, 0.3) is 0 Å². The lowest BCUT2D eigenvalue weighted by molar-refractivity contribution is -0.386. The molecule has 4 nitrogen and oxygen atoms in total. The highest BCUT2D eigenvalue weighted by atomic mass is 16.6. The maximum absolute atomic E-state index is 11.1. The summed E-state index contributed by atoms with van der Waals surface area (Å²) < 4.78 is 0. The van der Waals surface area contributed by atoms with Gasteiger partial charge >= 0.3 is 0 Å². The molecule has 1 aromatic carbocycles. The van der Waals surface area contributed by atoms with E-state index in [0.29, 0.717) is 6.54 Å². The van der Waals surface area contributed by atoms with Crippen molar-refractivity contribution in [2.45, 2.75) is 38.0 Å². The van der Waals surface area contributed by atoms with Crippen molar-refractivity contribution in [1.82, 2.24) is 0 Å². The van der Waals surface area contributed by atoms with Crippen molar-refractivity contribution in [3.8, 4) is 0 Å². The van der Waals surface area contributed by atoms with Gasteiger partial charge in [-0.15, -0.1) is 0 Å². The summed E-state index contributed by atoms with van der Waals surface area (Å²) in [6.07, 6.45) is 4.16. The first-order valence-corrected chi connectivity index (χ1v) is 6.05. The SMILES string of the molecule is Cc1ccc([N+](=O)[O-])c(C2(CN)CCCC2)c1. The molecule has 2 rings (SSSR count). The molecule has 2 N–H and O–H groups in total. The molecule has 1 fully saturated rings. The van der Waals surface area contributed by atoms with Crippen molar-refractivity contribution < 1.29 is 4.92 Å². The molecule has 4 heteroatoms. The summed E-state index contributed by atoms with van der Waals surface area (Å²) in [4.78, 5) is 10.8. The van der Waals surface area contributed by atoms with Crippen LogP contribution in [0, 0.1) is 17.0 Å². The zero-order chi connectivity index (χ0) is 12.5. The maximum atomic E-state index is 11.1. The minimum Gasteiger partial charge on any atom is -0.330 e. The molecule has 1 aromatic rings. The number of hydrogen-bond acceptors (Lipinski definition) is 3. The summed E-state index contributed by atoms with van der Waals surface area (Å²) in [5, 5.41) is 11.1. The summed E-state index contributed by atoms with van der Waals surface area (Å²) in [5.41, 5.74) is 7.85. The lowest BCUT2D eigenvalue weighted by Crippen LogP contribution is -2.32. The molecule has 0 heterocycles. The van der Waals surface area contributed by atoms with Crippen LogP contribution in [0.1, 0.15) is 36.8 Å². The number of aryl methyl sites for hydroxylation is 1. The zero-order valence-electron chi connectivity index (χ0n) is 10.1. The van der Waals surface area contributed by atoms with Crippen LogP contribution in [0.15, 0.2) is 18.2 Å². The van der Waals surface area contributed by atoms with E-state index in [9.17, 15) is 10.1 Å². The van der Waals surface area contributed by atoms with Crippen LogP contribution in [-0.4, -0.2) is 11.5 Å². The van der Waals surface area contributed by atoms with Gasteiger partial charge in [0.15, 0.2) is 0 Å². The second-order valence-corrected chi connectivity index (χ2v) is 4.97. The van der Waals surface area contributed by atoms with Gasteiger partial charge in [-0.2, -0.15) is 0 Å². The van der Waals surface area contributed by atoms with Gasteiger partial charge in [0.25, 0.3) is 5.69 Å². The van der Waals surface area contributed by atoms with Crippen LogP contribution in [0.5, 0.6) is 0 Å². The second-order valence-electron chi connectivity index (χ2n) is 4.97. The summed E-state index contributed by atoms with van der Waals surface area (Å²) >= 11 is 0. The largest absolute Gasteiger partial charge is 0.330 e. The zero-order valence-corrected chi connectivity index (χ0v) is 10.1. The molecule has 1 aliphatic carbocycles. The van der Waals surface area contributed by atoms with Gasteiger partial charge in [-0.25, -0.2) is 0 Å². The van der Waals surface area contributed by atoms with Crippen LogP contribution >= 0.6 is 0 Å². The van der Waals surface area contributed by atoms with Crippen LogP contribution in [0.2, 0.25) is 0 Å². The molecule has 0 bridgehead atoms. The smallest absolute Gasteiger partial charge is 0.273 e. The van der Waals surface area contributed by atoms with Gasteiger partial charge < -0.3 is 5.73 Å². The Labute approximate surface area is 101 Å². The number of rotatable bonds is 3. The summed E-state index contributed by atoms with van der Waals surface area (Å²) in [6.45, 7) is 2.46. The highest BCUT2D eigenvalue weighted by Crippen LogP contribution is 2.44. The molecule has 0 aliphatic heterocycles. The van der Waals surface area contributed by atoms with Gasteiger partial charge in [0.1, 0.15) is 0 Å².